The number of likely N-dealkylation sites (N-methyl/N-ethyl adjacent to an activating group) is 1. The maximum absolute atomic E-state index is 3.82. The first kappa shape index (κ1) is 12.4. The highest BCUT2D eigenvalue weighted by Gasteiger charge is 2.27. The van der Waals surface area contributed by atoms with Crippen molar-refractivity contribution in [3.63, 3.8) is 0 Å². The van der Waals surface area contributed by atoms with Crippen LogP contribution in [0.1, 0.15) is 51.9 Å². The zero-order chi connectivity index (χ0) is 11.4. The molecule has 1 unspecified atom stereocenters. The third kappa shape index (κ3) is 3.46. The quantitative estimate of drug-likeness (QED) is 0.793. The van der Waals surface area contributed by atoms with Gasteiger partial charge in [0.15, 0.2) is 0 Å². The van der Waals surface area contributed by atoms with Gasteiger partial charge in [-0.1, -0.05) is 26.2 Å². The molecule has 2 rings (SSSR count). The van der Waals surface area contributed by atoms with Gasteiger partial charge in [-0.15, -0.1) is 0 Å². The Balaban J connectivity index is 1.73. The van der Waals surface area contributed by atoms with Gasteiger partial charge in [0.2, 0.25) is 0 Å². The Labute approximate surface area is 101 Å². The van der Waals surface area contributed by atoms with Crippen LogP contribution in [0.4, 0.5) is 0 Å². The van der Waals surface area contributed by atoms with Crippen LogP contribution in [0.5, 0.6) is 0 Å². The van der Waals surface area contributed by atoms with Gasteiger partial charge in [0.05, 0.1) is 0 Å². The number of piperidine rings is 1. The summed E-state index contributed by atoms with van der Waals surface area (Å²) in [6, 6.07) is 0.748. The van der Waals surface area contributed by atoms with Crippen molar-refractivity contribution in [3.05, 3.63) is 0 Å². The molecule has 1 atom stereocenters. The first-order valence-electron chi connectivity index (χ1n) is 7.10. The van der Waals surface area contributed by atoms with Gasteiger partial charge < -0.3 is 10.2 Å². The maximum atomic E-state index is 3.82. The lowest BCUT2D eigenvalue weighted by Gasteiger charge is -2.37. The Kier molecular flexibility index (Phi) is 4.26. The Morgan fingerprint density at radius 2 is 1.94 bits per heavy atom. The summed E-state index contributed by atoms with van der Waals surface area (Å²) in [5.74, 6) is 0. The Bertz CT molecular complexity index is 209. The van der Waals surface area contributed by atoms with Crippen LogP contribution in [0.3, 0.4) is 0 Å². The van der Waals surface area contributed by atoms with Crippen LogP contribution in [0, 0.1) is 5.41 Å². The first-order chi connectivity index (χ1) is 7.68. The summed E-state index contributed by atoms with van der Waals surface area (Å²) >= 11 is 0. The highest BCUT2D eigenvalue weighted by atomic mass is 15.1. The lowest BCUT2D eigenvalue weighted by molar-refractivity contribution is 0.172. The van der Waals surface area contributed by atoms with Gasteiger partial charge in [-0.3, -0.25) is 0 Å². The highest BCUT2D eigenvalue weighted by Crippen LogP contribution is 2.35. The number of nitrogens with zero attached hydrogens (tertiary/aromatic N) is 1. The molecule has 2 aliphatic rings. The van der Waals surface area contributed by atoms with E-state index < -0.39 is 0 Å². The van der Waals surface area contributed by atoms with Crippen molar-refractivity contribution in [2.24, 2.45) is 5.41 Å². The molecule has 1 heterocycles. The molecule has 0 bridgehead atoms. The van der Waals surface area contributed by atoms with Crippen LogP contribution >= 0.6 is 0 Å². The van der Waals surface area contributed by atoms with Crippen molar-refractivity contribution < 1.29 is 0 Å². The zero-order valence-electron chi connectivity index (χ0n) is 11.1. The summed E-state index contributed by atoms with van der Waals surface area (Å²) in [6.45, 7) is 6.25. The zero-order valence-corrected chi connectivity index (χ0v) is 11.1. The molecule has 2 heteroatoms. The predicted octanol–water partition coefficient (Wildman–Crippen LogP) is 2.64. The van der Waals surface area contributed by atoms with E-state index in [-0.39, 0.29) is 0 Å². The van der Waals surface area contributed by atoms with E-state index in [4.69, 9.17) is 0 Å². The summed E-state index contributed by atoms with van der Waals surface area (Å²) in [5, 5.41) is 3.82. The van der Waals surface area contributed by atoms with Crippen molar-refractivity contribution in [2.45, 2.75) is 57.9 Å². The van der Waals surface area contributed by atoms with Crippen molar-refractivity contribution in [1.29, 1.82) is 0 Å². The average molecular weight is 224 g/mol. The monoisotopic (exact) mass is 224 g/mol. The normalized spacial score (nSPS) is 31.5. The number of hydrogen-bond donors (Lipinski definition) is 1. The van der Waals surface area contributed by atoms with Crippen molar-refractivity contribution in [2.75, 3.05) is 26.7 Å². The minimum absolute atomic E-state index is 0.592. The van der Waals surface area contributed by atoms with Gasteiger partial charge in [-0.05, 0) is 44.7 Å². The van der Waals surface area contributed by atoms with E-state index in [0.717, 1.165) is 6.04 Å². The summed E-state index contributed by atoms with van der Waals surface area (Å²) < 4.78 is 0. The number of hydrogen-bond acceptors (Lipinski definition) is 2. The van der Waals surface area contributed by atoms with Gasteiger partial charge in [0.1, 0.15) is 0 Å². The molecule has 0 amide bonds. The van der Waals surface area contributed by atoms with Gasteiger partial charge >= 0.3 is 0 Å². The molecular formula is C14H28N2. The molecular weight excluding hydrogens is 196 g/mol. The summed E-state index contributed by atoms with van der Waals surface area (Å²) in [5.41, 5.74) is 0.592. The van der Waals surface area contributed by atoms with Crippen LogP contribution in [-0.2, 0) is 0 Å². The molecule has 0 spiro atoms. The van der Waals surface area contributed by atoms with Gasteiger partial charge in [0.25, 0.3) is 0 Å². The summed E-state index contributed by atoms with van der Waals surface area (Å²) in [7, 11) is 2.25. The predicted molar refractivity (Wildman–Crippen MR) is 69.7 cm³/mol. The van der Waals surface area contributed by atoms with E-state index in [9.17, 15) is 0 Å². The minimum Gasteiger partial charge on any atom is -0.312 e. The van der Waals surface area contributed by atoms with E-state index in [1.54, 1.807) is 0 Å². The Hall–Kier alpha value is -0.0800. The molecule has 2 fully saturated rings. The summed E-state index contributed by atoms with van der Waals surface area (Å²) in [4.78, 5) is 2.46. The molecule has 0 aromatic rings. The molecule has 2 nitrogen and oxygen atoms in total. The third-order valence-electron chi connectivity index (χ3n) is 4.50. The summed E-state index contributed by atoms with van der Waals surface area (Å²) in [6.07, 6.45) is 9.96. The lowest BCUT2D eigenvalue weighted by Crippen LogP contribution is -2.47. The standard InChI is InChI=1S/C14H28N2/c1-14(8-4-3-5-9-14)12-15-13-7-6-10-16(2)11-13/h13,15H,3-12H2,1-2H3. The van der Waals surface area contributed by atoms with Crippen LogP contribution in [0.2, 0.25) is 0 Å². The van der Waals surface area contributed by atoms with Gasteiger partial charge in [-0.25, -0.2) is 0 Å². The maximum Gasteiger partial charge on any atom is 0.0195 e. The van der Waals surface area contributed by atoms with E-state index >= 15 is 0 Å². The minimum atomic E-state index is 0.592. The molecule has 1 saturated heterocycles. The largest absolute Gasteiger partial charge is 0.312 e. The number of nitrogens with one attached hydrogen (secondary N) is 1. The second kappa shape index (κ2) is 5.50. The number of likely N-dealkylation sites (tertiary alicyclic amines) is 1. The molecule has 1 N–H and O–H groups in total. The molecule has 94 valence electrons. The van der Waals surface area contributed by atoms with E-state index in [1.165, 1.54) is 64.6 Å². The number of rotatable bonds is 3. The molecule has 16 heavy (non-hydrogen) atoms. The topological polar surface area (TPSA) is 15.3 Å². The fraction of sp³-hybridized carbons (Fsp3) is 1.00. The molecule has 0 aromatic heterocycles. The fourth-order valence-electron chi connectivity index (χ4n) is 3.31. The van der Waals surface area contributed by atoms with Gasteiger partial charge in [0, 0.05) is 19.1 Å². The second-order valence-electron chi connectivity index (χ2n) is 6.35. The van der Waals surface area contributed by atoms with E-state index in [2.05, 4.69) is 24.2 Å². The molecule has 1 aliphatic heterocycles. The smallest absolute Gasteiger partial charge is 0.0195 e. The second-order valence-corrected chi connectivity index (χ2v) is 6.35. The molecule has 1 aliphatic carbocycles. The van der Waals surface area contributed by atoms with Crippen molar-refractivity contribution in [1.82, 2.24) is 10.2 Å². The van der Waals surface area contributed by atoms with E-state index in [0.29, 0.717) is 5.41 Å². The van der Waals surface area contributed by atoms with E-state index in [1.807, 2.05) is 0 Å². The molecule has 0 aromatic carbocycles. The van der Waals surface area contributed by atoms with Gasteiger partial charge in [-0.2, -0.15) is 0 Å². The van der Waals surface area contributed by atoms with Crippen molar-refractivity contribution >= 4 is 0 Å². The Morgan fingerprint density at radius 1 is 1.19 bits per heavy atom. The molecule has 1 saturated carbocycles. The molecule has 0 radical (unpaired) electrons. The Morgan fingerprint density at radius 3 is 2.62 bits per heavy atom. The van der Waals surface area contributed by atoms with Crippen LogP contribution in [0.25, 0.3) is 0 Å². The van der Waals surface area contributed by atoms with Crippen LogP contribution in [-0.4, -0.2) is 37.6 Å². The first-order valence-corrected chi connectivity index (χ1v) is 7.10. The lowest BCUT2D eigenvalue weighted by atomic mass is 9.75. The third-order valence-corrected chi connectivity index (χ3v) is 4.50. The fourth-order valence-corrected chi connectivity index (χ4v) is 3.31. The SMILES string of the molecule is CN1CCCC(NCC2(C)CCCCC2)C1. The average Bonchev–Trinajstić information content (AvgIpc) is 2.28. The van der Waals surface area contributed by atoms with Crippen LogP contribution < -0.4 is 5.32 Å². The highest BCUT2D eigenvalue weighted by molar-refractivity contribution is 4.84. The van der Waals surface area contributed by atoms with Crippen molar-refractivity contribution in [3.8, 4) is 0 Å². The van der Waals surface area contributed by atoms with Crippen LogP contribution in [0.15, 0.2) is 0 Å².